The average Bonchev–Trinajstić information content (AvgIpc) is 2.73. The van der Waals surface area contributed by atoms with Crippen LogP contribution in [0, 0.1) is 0 Å². The number of rotatable bonds is 5. The molecule has 0 saturated heterocycles. The molecule has 2 N–H and O–H groups in total. The number of thioether (sulfide) groups is 1. The van der Waals surface area contributed by atoms with Gasteiger partial charge in [-0.1, -0.05) is 66.4 Å². The first kappa shape index (κ1) is 20.6. The normalized spacial score (nSPS) is 12.4. The van der Waals surface area contributed by atoms with E-state index in [1.807, 2.05) is 30.3 Å². The molecule has 0 aliphatic rings. The molecule has 0 atom stereocenters. The molecule has 0 unspecified atom stereocenters. The summed E-state index contributed by atoms with van der Waals surface area (Å²) in [5.41, 5.74) is 7.13. The zero-order valence-corrected chi connectivity index (χ0v) is 16.0. The van der Waals surface area contributed by atoms with Crippen LogP contribution in [0.4, 0.5) is 13.2 Å². The molecular weight excluding hydrogens is 397 g/mol. The Hall–Kier alpha value is -3.13. The summed E-state index contributed by atoms with van der Waals surface area (Å²) in [5, 5.41) is 8.19. The Morgan fingerprint density at radius 2 is 1.72 bits per heavy atom. The van der Waals surface area contributed by atoms with Crippen molar-refractivity contribution in [3.63, 3.8) is 0 Å². The summed E-state index contributed by atoms with van der Waals surface area (Å²) < 4.78 is 39.4. The van der Waals surface area contributed by atoms with Gasteiger partial charge in [0.2, 0.25) is 0 Å². The van der Waals surface area contributed by atoms with Gasteiger partial charge in [-0.25, -0.2) is 0 Å². The second kappa shape index (κ2) is 9.38. The van der Waals surface area contributed by atoms with Gasteiger partial charge in [0, 0.05) is 17.5 Å². The summed E-state index contributed by atoms with van der Waals surface area (Å²) in [7, 11) is 0. The number of halogens is 3. The van der Waals surface area contributed by atoms with Gasteiger partial charge in [0.25, 0.3) is 0 Å². The summed E-state index contributed by atoms with van der Waals surface area (Å²) in [6.45, 7) is 0. The molecule has 0 radical (unpaired) electrons. The van der Waals surface area contributed by atoms with Crippen LogP contribution in [0.5, 0.6) is 0 Å². The third-order valence-corrected chi connectivity index (χ3v) is 4.74. The van der Waals surface area contributed by atoms with Crippen molar-refractivity contribution < 1.29 is 13.2 Å². The first-order valence-electron chi connectivity index (χ1n) is 8.59. The van der Waals surface area contributed by atoms with E-state index in [1.165, 1.54) is 30.2 Å². The quantitative estimate of drug-likeness (QED) is 0.348. The molecule has 0 spiro atoms. The number of aromatic nitrogens is 1. The highest BCUT2D eigenvalue weighted by Gasteiger charge is 2.34. The van der Waals surface area contributed by atoms with Crippen molar-refractivity contribution in [2.24, 2.45) is 15.9 Å². The molecule has 8 heteroatoms. The molecule has 1 heterocycles. The Kier molecular flexibility index (Phi) is 6.66. The predicted octanol–water partition coefficient (Wildman–Crippen LogP) is 5.35. The average molecular weight is 414 g/mol. The maximum absolute atomic E-state index is 13.1. The lowest BCUT2D eigenvalue weighted by molar-refractivity contribution is -0.137. The summed E-state index contributed by atoms with van der Waals surface area (Å²) in [6, 6.07) is 18.6. The van der Waals surface area contributed by atoms with Gasteiger partial charge >= 0.3 is 6.18 Å². The highest BCUT2D eigenvalue weighted by molar-refractivity contribution is 8.13. The van der Waals surface area contributed by atoms with Crippen LogP contribution in [0.1, 0.15) is 16.7 Å². The van der Waals surface area contributed by atoms with Crippen molar-refractivity contribution in [1.82, 2.24) is 4.98 Å². The Labute approximate surface area is 170 Å². The van der Waals surface area contributed by atoms with Gasteiger partial charge in [-0.15, -0.1) is 5.10 Å². The Balaban J connectivity index is 1.65. The number of hydrogen-bond donors (Lipinski definition) is 1. The first-order chi connectivity index (χ1) is 13.9. The van der Waals surface area contributed by atoms with E-state index in [0.717, 1.165) is 11.6 Å². The fourth-order valence-electron chi connectivity index (χ4n) is 2.50. The van der Waals surface area contributed by atoms with Gasteiger partial charge in [-0.05, 0) is 23.3 Å². The lowest BCUT2D eigenvalue weighted by Crippen LogP contribution is -2.08. The summed E-state index contributed by atoms with van der Waals surface area (Å²) in [5.74, 6) is 0.687. The van der Waals surface area contributed by atoms with Gasteiger partial charge < -0.3 is 5.73 Å². The molecule has 0 bridgehead atoms. The van der Waals surface area contributed by atoms with Crippen LogP contribution in [0.2, 0.25) is 0 Å². The molecule has 0 aliphatic carbocycles. The van der Waals surface area contributed by atoms with E-state index in [-0.39, 0.29) is 5.69 Å². The van der Waals surface area contributed by atoms with E-state index >= 15 is 0 Å². The molecule has 2 aromatic carbocycles. The fraction of sp³-hybridized carbons (Fsp3) is 0.0952. The number of nitrogens with zero attached hydrogens (tertiary/aromatic N) is 3. The molecule has 0 saturated carbocycles. The van der Waals surface area contributed by atoms with Crippen LogP contribution in [-0.4, -0.2) is 16.4 Å². The molecule has 0 amide bonds. The largest absolute Gasteiger partial charge is 0.418 e. The van der Waals surface area contributed by atoms with Crippen LogP contribution in [0.15, 0.2) is 83.1 Å². The summed E-state index contributed by atoms with van der Waals surface area (Å²) >= 11 is 1.37. The van der Waals surface area contributed by atoms with E-state index in [2.05, 4.69) is 15.2 Å². The van der Waals surface area contributed by atoms with E-state index in [4.69, 9.17) is 5.73 Å². The molecule has 3 aromatic rings. The number of hydrogen-bond acceptors (Lipinski definition) is 4. The third kappa shape index (κ3) is 5.92. The maximum Gasteiger partial charge on any atom is 0.418 e. The molecule has 148 valence electrons. The number of pyridine rings is 1. The topological polar surface area (TPSA) is 63.6 Å². The lowest BCUT2D eigenvalue weighted by atomic mass is 10.0. The van der Waals surface area contributed by atoms with Crippen LogP contribution in [-0.2, 0) is 11.9 Å². The van der Waals surface area contributed by atoms with E-state index in [1.54, 1.807) is 24.3 Å². The van der Waals surface area contributed by atoms with Crippen molar-refractivity contribution in [1.29, 1.82) is 0 Å². The smallest absolute Gasteiger partial charge is 0.377 e. The zero-order valence-electron chi connectivity index (χ0n) is 15.2. The number of amidine groups is 1. The van der Waals surface area contributed by atoms with E-state index in [9.17, 15) is 13.2 Å². The molecule has 29 heavy (non-hydrogen) atoms. The number of alkyl halides is 3. The predicted molar refractivity (Wildman–Crippen MR) is 112 cm³/mol. The maximum atomic E-state index is 13.1. The lowest BCUT2D eigenvalue weighted by Gasteiger charge is -2.11. The monoisotopic (exact) mass is 414 g/mol. The molecular formula is C21H17F3N4S. The van der Waals surface area contributed by atoms with Crippen LogP contribution in [0.25, 0.3) is 11.3 Å². The second-order valence-corrected chi connectivity index (χ2v) is 6.97. The van der Waals surface area contributed by atoms with Gasteiger partial charge in [0.15, 0.2) is 5.17 Å². The Bertz CT molecular complexity index is 1000. The molecule has 0 fully saturated rings. The SMILES string of the molecule is NC(=NN=Cc1ccc(-c2ncccc2C(F)(F)F)cc1)SCc1ccccc1. The number of benzene rings is 2. The molecule has 3 rings (SSSR count). The molecule has 1 aromatic heterocycles. The summed E-state index contributed by atoms with van der Waals surface area (Å²) in [4.78, 5) is 3.88. The van der Waals surface area contributed by atoms with Crippen molar-refractivity contribution >= 4 is 23.1 Å². The molecule has 4 nitrogen and oxygen atoms in total. The van der Waals surface area contributed by atoms with Crippen LogP contribution >= 0.6 is 11.8 Å². The zero-order chi connectivity index (χ0) is 20.7. The van der Waals surface area contributed by atoms with Gasteiger partial charge in [-0.3, -0.25) is 4.98 Å². The standard InChI is InChI=1S/C21H17F3N4S/c22-21(23,24)18-7-4-12-26-19(18)17-10-8-15(9-11-17)13-27-28-20(25)29-14-16-5-2-1-3-6-16/h1-13H,14H2,(H2,25,28). The highest BCUT2D eigenvalue weighted by Crippen LogP contribution is 2.35. The fourth-order valence-corrected chi connectivity index (χ4v) is 3.12. The van der Waals surface area contributed by atoms with Crippen molar-refractivity contribution in [2.75, 3.05) is 0 Å². The second-order valence-electron chi connectivity index (χ2n) is 5.98. The first-order valence-corrected chi connectivity index (χ1v) is 9.58. The van der Waals surface area contributed by atoms with Gasteiger partial charge in [-0.2, -0.15) is 18.3 Å². The molecule has 0 aliphatic heterocycles. The minimum Gasteiger partial charge on any atom is -0.377 e. The van der Waals surface area contributed by atoms with Crippen molar-refractivity contribution in [2.45, 2.75) is 11.9 Å². The van der Waals surface area contributed by atoms with Crippen LogP contribution in [0.3, 0.4) is 0 Å². The van der Waals surface area contributed by atoms with E-state index in [0.29, 0.717) is 22.0 Å². The Morgan fingerprint density at radius 1 is 1.00 bits per heavy atom. The minimum absolute atomic E-state index is 0.108. The van der Waals surface area contributed by atoms with Crippen LogP contribution < -0.4 is 5.73 Å². The van der Waals surface area contributed by atoms with Gasteiger partial charge in [0.05, 0.1) is 17.5 Å². The van der Waals surface area contributed by atoms with Gasteiger partial charge in [0.1, 0.15) is 0 Å². The minimum atomic E-state index is -4.46. The third-order valence-electron chi connectivity index (χ3n) is 3.89. The van der Waals surface area contributed by atoms with E-state index < -0.39 is 11.7 Å². The van der Waals surface area contributed by atoms with Crippen molar-refractivity contribution in [3.8, 4) is 11.3 Å². The Morgan fingerprint density at radius 3 is 2.41 bits per heavy atom. The highest BCUT2D eigenvalue weighted by atomic mass is 32.2. The number of nitrogens with two attached hydrogens (primary N) is 1. The van der Waals surface area contributed by atoms with Crippen molar-refractivity contribution in [3.05, 3.63) is 89.6 Å². The summed E-state index contributed by atoms with van der Waals surface area (Å²) in [6.07, 6.45) is -1.64.